The monoisotopic (exact) mass is 310 g/mol. The molecule has 106 valence electrons. The molecule has 0 unspecified atom stereocenters. The Labute approximate surface area is 123 Å². The molecule has 2 aromatic rings. The van der Waals surface area contributed by atoms with Crippen LogP contribution in [0.25, 0.3) is 0 Å². The first-order valence-electron chi connectivity index (χ1n) is 6.04. The van der Waals surface area contributed by atoms with Gasteiger partial charge in [-0.2, -0.15) is 0 Å². The van der Waals surface area contributed by atoms with E-state index in [1.807, 2.05) is 6.07 Å². The third-order valence-electron chi connectivity index (χ3n) is 2.80. The van der Waals surface area contributed by atoms with Crippen LogP contribution in [0.1, 0.15) is 5.56 Å². The molecule has 0 spiro atoms. The van der Waals surface area contributed by atoms with E-state index in [4.69, 9.17) is 11.6 Å². The van der Waals surface area contributed by atoms with Gasteiger partial charge in [-0.3, -0.25) is 0 Å². The second-order valence-electron chi connectivity index (χ2n) is 4.20. The van der Waals surface area contributed by atoms with Gasteiger partial charge in [0.1, 0.15) is 4.90 Å². The molecule has 0 heterocycles. The van der Waals surface area contributed by atoms with Crippen LogP contribution in [-0.4, -0.2) is 15.5 Å². The molecule has 0 saturated carbocycles. The van der Waals surface area contributed by atoms with E-state index in [2.05, 4.69) is 10.0 Å². The summed E-state index contributed by atoms with van der Waals surface area (Å²) in [5.74, 6) is 0. The van der Waals surface area contributed by atoms with Crippen molar-refractivity contribution in [1.82, 2.24) is 4.72 Å². The number of sulfonamides is 1. The zero-order chi connectivity index (χ0) is 14.6. The number of halogens is 1. The average Bonchev–Trinajstić information content (AvgIpc) is 2.45. The van der Waals surface area contributed by atoms with Crippen LogP contribution in [-0.2, 0) is 16.6 Å². The molecular weight excluding hydrogens is 296 g/mol. The smallest absolute Gasteiger partial charge is 0.242 e. The Hall–Kier alpha value is -1.56. The summed E-state index contributed by atoms with van der Waals surface area (Å²) in [7, 11) is -1.88. The lowest BCUT2D eigenvalue weighted by Crippen LogP contribution is -2.24. The Morgan fingerprint density at radius 1 is 1.10 bits per heavy atom. The van der Waals surface area contributed by atoms with E-state index < -0.39 is 10.0 Å². The number of hydrogen-bond donors (Lipinski definition) is 2. The number of nitrogens with one attached hydrogen (secondary N) is 2. The first-order chi connectivity index (χ1) is 9.53. The number of hydrogen-bond acceptors (Lipinski definition) is 3. The Balaban J connectivity index is 2.19. The third-order valence-corrected chi connectivity index (χ3v) is 4.50. The van der Waals surface area contributed by atoms with Crippen LogP contribution >= 0.6 is 11.6 Å². The van der Waals surface area contributed by atoms with Gasteiger partial charge in [-0.05, 0) is 29.8 Å². The van der Waals surface area contributed by atoms with E-state index >= 15 is 0 Å². The van der Waals surface area contributed by atoms with E-state index in [1.165, 1.54) is 0 Å². The molecule has 0 fully saturated rings. The van der Waals surface area contributed by atoms with Gasteiger partial charge in [0.25, 0.3) is 0 Å². The van der Waals surface area contributed by atoms with Crippen LogP contribution in [0.2, 0.25) is 5.02 Å². The first-order valence-corrected chi connectivity index (χ1v) is 7.90. The predicted octanol–water partition coefficient (Wildman–Crippen LogP) is 2.86. The molecule has 20 heavy (non-hydrogen) atoms. The molecular formula is C14H15ClN2O2S. The van der Waals surface area contributed by atoms with Crippen LogP contribution in [0.4, 0.5) is 5.69 Å². The summed E-state index contributed by atoms with van der Waals surface area (Å²) in [6, 6.07) is 13.8. The Morgan fingerprint density at radius 3 is 2.55 bits per heavy atom. The topological polar surface area (TPSA) is 58.2 Å². The lowest BCUT2D eigenvalue weighted by atomic mass is 10.2. The minimum atomic E-state index is -3.57. The molecule has 0 radical (unpaired) electrons. The Morgan fingerprint density at radius 2 is 1.85 bits per heavy atom. The summed E-state index contributed by atoms with van der Waals surface area (Å²) in [4.78, 5) is 0.226. The van der Waals surface area contributed by atoms with Crippen LogP contribution < -0.4 is 10.0 Å². The second kappa shape index (κ2) is 6.26. The maximum atomic E-state index is 12.3. The predicted molar refractivity (Wildman–Crippen MR) is 81.5 cm³/mol. The molecule has 0 aromatic heterocycles. The van der Waals surface area contributed by atoms with Gasteiger partial charge >= 0.3 is 0 Å². The lowest BCUT2D eigenvalue weighted by molar-refractivity contribution is 0.581. The van der Waals surface area contributed by atoms with Crippen LogP contribution in [0.3, 0.4) is 0 Å². The Bertz CT molecular complexity index is 702. The van der Waals surface area contributed by atoms with Crippen molar-refractivity contribution in [1.29, 1.82) is 0 Å². The quantitative estimate of drug-likeness (QED) is 0.893. The van der Waals surface area contributed by atoms with Crippen molar-refractivity contribution in [2.45, 2.75) is 11.4 Å². The molecule has 0 atom stereocenters. The second-order valence-corrected chi connectivity index (χ2v) is 6.37. The van der Waals surface area contributed by atoms with Gasteiger partial charge in [-0.15, -0.1) is 0 Å². The van der Waals surface area contributed by atoms with Gasteiger partial charge in [-0.1, -0.05) is 35.9 Å². The molecule has 6 heteroatoms. The summed E-state index contributed by atoms with van der Waals surface area (Å²) in [5.41, 5.74) is 1.37. The fourth-order valence-corrected chi connectivity index (χ4v) is 3.25. The van der Waals surface area contributed by atoms with Crippen molar-refractivity contribution in [3.05, 3.63) is 59.1 Å². The molecule has 2 N–H and O–H groups in total. The molecule has 2 rings (SSSR count). The minimum Gasteiger partial charge on any atom is -0.387 e. The number of para-hydroxylation sites is 1. The van der Waals surface area contributed by atoms with Gasteiger partial charge in [0, 0.05) is 18.6 Å². The summed E-state index contributed by atoms with van der Waals surface area (Å²) in [6.45, 7) is 0.195. The van der Waals surface area contributed by atoms with Crippen molar-refractivity contribution in [3.8, 4) is 0 Å². The van der Waals surface area contributed by atoms with Crippen molar-refractivity contribution < 1.29 is 8.42 Å². The van der Waals surface area contributed by atoms with E-state index in [0.29, 0.717) is 10.7 Å². The largest absolute Gasteiger partial charge is 0.387 e. The summed E-state index contributed by atoms with van der Waals surface area (Å²) >= 11 is 5.87. The highest BCUT2D eigenvalue weighted by molar-refractivity contribution is 7.89. The highest BCUT2D eigenvalue weighted by Gasteiger charge is 2.17. The standard InChI is InChI=1S/C14H15ClN2O2S/c1-16-13-7-2-3-8-14(13)20(18,19)17-10-11-5-4-6-12(15)9-11/h2-9,16-17H,10H2,1H3. The number of benzene rings is 2. The number of rotatable bonds is 5. The van der Waals surface area contributed by atoms with E-state index in [-0.39, 0.29) is 11.4 Å². The zero-order valence-corrected chi connectivity index (χ0v) is 12.5. The number of anilines is 1. The summed E-state index contributed by atoms with van der Waals surface area (Å²) in [5, 5.41) is 3.45. The molecule has 0 saturated heterocycles. The fourth-order valence-electron chi connectivity index (χ4n) is 1.81. The van der Waals surface area contributed by atoms with Crippen molar-refractivity contribution in [2.24, 2.45) is 0 Å². The van der Waals surface area contributed by atoms with Gasteiger partial charge in [0.2, 0.25) is 10.0 Å². The van der Waals surface area contributed by atoms with Crippen LogP contribution in [0.5, 0.6) is 0 Å². The van der Waals surface area contributed by atoms with Gasteiger partial charge in [0.15, 0.2) is 0 Å². The summed E-state index contributed by atoms with van der Waals surface area (Å²) in [6.07, 6.45) is 0. The van der Waals surface area contributed by atoms with Crippen LogP contribution in [0, 0.1) is 0 Å². The molecule has 0 aliphatic heterocycles. The molecule has 0 amide bonds. The molecule has 2 aromatic carbocycles. The average molecular weight is 311 g/mol. The van der Waals surface area contributed by atoms with Gasteiger partial charge < -0.3 is 5.32 Å². The molecule has 0 aliphatic rings. The van der Waals surface area contributed by atoms with Gasteiger partial charge in [0.05, 0.1) is 5.69 Å². The van der Waals surface area contributed by atoms with E-state index in [1.54, 1.807) is 49.5 Å². The zero-order valence-electron chi connectivity index (χ0n) is 10.9. The highest BCUT2D eigenvalue weighted by atomic mass is 35.5. The molecule has 4 nitrogen and oxygen atoms in total. The van der Waals surface area contributed by atoms with Crippen molar-refractivity contribution in [3.63, 3.8) is 0 Å². The normalized spacial score (nSPS) is 11.3. The Kier molecular flexibility index (Phi) is 4.65. The molecule has 0 bridgehead atoms. The lowest BCUT2D eigenvalue weighted by Gasteiger charge is -2.11. The van der Waals surface area contributed by atoms with E-state index in [9.17, 15) is 8.42 Å². The van der Waals surface area contributed by atoms with Crippen LogP contribution in [0.15, 0.2) is 53.4 Å². The third kappa shape index (κ3) is 3.50. The highest BCUT2D eigenvalue weighted by Crippen LogP contribution is 2.20. The van der Waals surface area contributed by atoms with E-state index in [0.717, 1.165) is 5.56 Å². The fraction of sp³-hybridized carbons (Fsp3) is 0.143. The van der Waals surface area contributed by atoms with Gasteiger partial charge in [-0.25, -0.2) is 13.1 Å². The minimum absolute atomic E-state index is 0.195. The first kappa shape index (κ1) is 14.8. The maximum absolute atomic E-state index is 12.3. The summed E-state index contributed by atoms with van der Waals surface area (Å²) < 4.78 is 27.1. The van der Waals surface area contributed by atoms with Crippen molar-refractivity contribution >= 4 is 27.3 Å². The molecule has 0 aliphatic carbocycles. The maximum Gasteiger partial charge on any atom is 0.242 e. The van der Waals surface area contributed by atoms with Crippen molar-refractivity contribution in [2.75, 3.05) is 12.4 Å². The SMILES string of the molecule is CNc1ccccc1S(=O)(=O)NCc1cccc(Cl)c1.